The zero-order valence-electron chi connectivity index (χ0n) is 80.4. The largest absolute Gasteiger partial charge is 0.490 e. The van der Waals surface area contributed by atoms with Crippen molar-refractivity contribution in [3.8, 4) is 23.3 Å². The molecule has 726 valence electrons. The third-order valence-corrected chi connectivity index (χ3v) is 33.9. The van der Waals surface area contributed by atoms with E-state index in [2.05, 4.69) is 423 Å². The van der Waals surface area contributed by atoms with E-state index >= 15 is 0 Å². The number of halogens is 1. The molecule has 0 bridgehead atoms. The summed E-state index contributed by atoms with van der Waals surface area (Å²) in [6.07, 6.45) is 13.8. The van der Waals surface area contributed by atoms with Crippen molar-refractivity contribution in [1.29, 1.82) is 10.5 Å². The van der Waals surface area contributed by atoms with E-state index in [0.717, 1.165) is 63.7 Å². The second kappa shape index (κ2) is 53.9. The monoisotopic (exact) mass is 2150 g/mol. The van der Waals surface area contributed by atoms with Crippen LogP contribution in [0.5, 0.6) is 0 Å². The van der Waals surface area contributed by atoms with Crippen molar-refractivity contribution in [2.24, 2.45) is 0 Å². The van der Waals surface area contributed by atoms with Gasteiger partial charge in [-0.2, -0.15) is 20.7 Å². The SMILES string of the molecule is CNC(=O)c1ccc(-c2cnn3ccc(C(=O)N(c4ccc(C#N)cc4)C4CC4)cc23)cn1.CNC(=O)c1ccc(B(O)O)cn1.N#Cc1ccc(N(C(=O)c2ccn3ncc(Br)c3c2)C2CC2)cc1.[Pd].c1ccc(P(c2ccccc2)c2ccccc2)cc1.c1ccc(P(c2ccccc2)c2ccccc2)cc1.c1ccc(P(c2ccccc2)c2ccccc2)cc1.c1ccc(P(c2ccccc2)c2ccccc2)cc1. The van der Waals surface area contributed by atoms with Crippen LogP contribution in [0.25, 0.3) is 22.2 Å². The Balaban J connectivity index is 0.000000131. The third kappa shape index (κ3) is 28.6. The number of nitrogens with zero attached hydrogens (tertiary/aromatic N) is 10. The number of benzene rings is 14. The maximum Gasteiger partial charge on any atom is 0.490 e. The van der Waals surface area contributed by atoms with Crippen molar-refractivity contribution in [2.75, 3.05) is 23.9 Å². The maximum atomic E-state index is 13.5. The van der Waals surface area contributed by atoms with Gasteiger partial charge in [0.1, 0.15) is 11.4 Å². The zero-order valence-corrected chi connectivity index (χ0v) is 87.1. The summed E-state index contributed by atoms with van der Waals surface area (Å²) in [5.41, 5.74) is 8.01. The van der Waals surface area contributed by atoms with Gasteiger partial charge >= 0.3 is 7.12 Å². The average molecular weight is 2150 g/mol. The topological polar surface area (TPSA) is 247 Å². The predicted octanol–water partition coefficient (Wildman–Crippen LogP) is 19.1. The zero-order chi connectivity index (χ0) is 101. The first kappa shape index (κ1) is 106. The second-order valence-corrected chi connectivity index (χ2v) is 43.2. The first-order chi connectivity index (χ1) is 71.7. The minimum absolute atomic E-state index is 0. The van der Waals surface area contributed by atoms with Crippen LogP contribution in [0.4, 0.5) is 11.4 Å². The molecule has 2 aliphatic carbocycles. The first-order valence-electron chi connectivity index (χ1n) is 47.5. The van der Waals surface area contributed by atoms with E-state index in [1.165, 1.54) is 89.0 Å². The van der Waals surface area contributed by atoms with Gasteiger partial charge in [-0.1, -0.05) is 376 Å². The number of nitriles is 2. The summed E-state index contributed by atoms with van der Waals surface area (Å²) in [6.45, 7) is 0. The molecule has 0 radical (unpaired) electrons. The van der Waals surface area contributed by atoms with Gasteiger partial charge in [0.2, 0.25) is 0 Å². The number of carbonyl (C=O) groups is 4. The smallest absolute Gasteiger partial charge is 0.423 e. The summed E-state index contributed by atoms with van der Waals surface area (Å²) >= 11 is 3.45. The molecule has 0 saturated heterocycles. The van der Waals surface area contributed by atoms with Crippen molar-refractivity contribution in [3.05, 3.63) is 536 Å². The van der Waals surface area contributed by atoms with Crippen LogP contribution in [-0.2, 0) is 20.4 Å². The van der Waals surface area contributed by atoms with Gasteiger partial charge in [-0.3, -0.25) is 29.1 Å². The Bertz CT molecular complexity index is 6830. The Hall–Kier alpha value is -15.5. The van der Waals surface area contributed by atoms with Crippen LogP contribution in [0.3, 0.4) is 0 Å². The van der Waals surface area contributed by atoms with Crippen LogP contribution in [0.1, 0.15) is 78.5 Å². The van der Waals surface area contributed by atoms with Gasteiger partial charge < -0.3 is 30.5 Å². The first-order valence-corrected chi connectivity index (χ1v) is 53.7. The molecule has 2 saturated carbocycles. The number of anilines is 2. The molecule has 0 atom stereocenters. The van der Waals surface area contributed by atoms with E-state index in [1.807, 2.05) is 52.3 Å². The second-order valence-electron chi connectivity index (χ2n) is 33.5. The fourth-order valence-corrected chi connectivity index (χ4v) is 25.7. The van der Waals surface area contributed by atoms with E-state index in [-0.39, 0.29) is 67.3 Å². The number of fused-ring (bicyclic) bond motifs is 2. The minimum Gasteiger partial charge on any atom is -0.423 e. The van der Waals surface area contributed by atoms with Gasteiger partial charge in [-0.15, -0.1) is 0 Å². The molecular weight excluding hydrogens is 2050 g/mol. The van der Waals surface area contributed by atoms with E-state index in [9.17, 15) is 19.2 Å². The molecule has 0 unspecified atom stereocenters. The van der Waals surface area contributed by atoms with E-state index < -0.39 is 38.8 Å². The molecule has 20 aromatic rings. The van der Waals surface area contributed by atoms with Crippen LogP contribution < -0.4 is 89.6 Å². The summed E-state index contributed by atoms with van der Waals surface area (Å²) in [4.78, 5) is 61.0. The normalized spacial score (nSPS) is 11.4. The Morgan fingerprint density at radius 3 is 0.837 bits per heavy atom. The molecule has 22 rings (SSSR count). The molecule has 2 fully saturated rings. The number of aromatic nitrogens is 6. The van der Waals surface area contributed by atoms with Gasteiger partial charge in [0.25, 0.3) is 23.6 Å². The van der Waals surface area contributed by atoms with Crippen LogP contribution in [0, 0.1) is 22.7 Å². The van der Waals surface area contributed by atoms with Crippen LogP contribution in [0.15, 0.2) is 503 Å². The molecule has 18 nitrogen and oxygen atoms in total. The van der Waals surface area contributed by atoms with Crippen molar-refractivity contribution in [3.63, 3.8) is 0 Å². The van der Waals surface area contributed by atoms with Crippen LogP contribution in [-0.4, -0.2) is 96.2 Å². The summed E-state index contributed by atoms with van der Waals surface area (Å²) in [5, 5.41) is 65.8. The third-order valence-electron chi connectivity index (χ3n) is 23.6. The molecule has 4 amide bonds. The van der Waals surface area contributed by atoms with E-state index in [1.54, 1.807) is 89.5 Å². The molecule has 147 heavy (non-hydrogen) atoms. The fourth-order valence-electron chi connectivity index (χ4n) is 16.1. The number of carbonyl (C=O) groups excluding carboxylic acids is 4. The Morgan fingerprint density at radius 2 is 0.599 bits per heavy atom. The molecule has 6 aromatic heterocycles. The Kier molecular flexibility index (Phi) is 38.8. The minimum atomic E-state index is -1.55. The number of nitrogens with one attached hydrogen (secondary N) is 2. The number of rotatable bonds is 22. The summed E-state index contributed by atoms with van der Waals surface area (Å²) in [7, 11) is -0.275. The predicted molar refractivity (Wildman–Crippen MR) is 605 cm³/mol. The van der Waals surface area contributed by atoms with Gasteiger partial charge in [-0.05, 0) is 222 Å². The quantitative estimate of drug-likeness (QED) is 0.0365. The summed E-state index contributed by atoms with van der Waals surface area (Å²) in [5.74, 6) is -0.681. The van der Waals surface area contributed by atoms with Gasteiger partial charge in [0.15, 0.2) is 0 Å². The maximum absolute atomic E-state index is 13.5. The van der Waals surface area contributed by atoms with Crippen molar-refractivity contribution >= 4 is 170 Å². The van der Waals surface area contributed by atoms with Crippen molar-refractivity contribution in [1.82, 2.24) is 39.8 Å². The van der Waals surface area contributed by atoms with Crippen LogP contribution in [0.2, 0.25) is 0 Å². The summed E-state index contributed by atoms with van der Waals surface area (Å²) < 4.78 is 4.29. The molecule has 4 N–H and O–H groups in total. The average Bonchev–Trinajstić information content (AvgIpc) is 1.63. The van der Waals surface area contributed by atoms with E-state index in [4.69, 9.17) is 20.6 Å². The summed E-state index contributed by atoms with van der Waals surface area (Å²) in [6, 6.07) is 162. The fraction of sp³-hybridized carbons (Fsp3) is 0.0656. The van der Waals surface area contributed by atoms with Gasteiger partial charge in [-0.25, -0.2) is 9.03 Å². The molecule has 6 heterocycles. The van der Waals surface area contributed by atoms with Crippen molar-refractivity contribution < 1.29 is 49.6 Å². The Morgan fingerprint density at radius 1 is 0.340 bits per heavy atom. The Labute approximate surface area is 884 Å². The van der Waals surface area contributed by atoms with E-state index in [0.29, 0.717) is 27.9 Å². The number of pyridine rings is 4. The number of hydrogen-bond acceptors (Lipinski definition) is 12. The number of amides is 4. The molecule has 14 aromatic carbocycles. The molecule has 2 aliphatic rings. The molecule has 0 aliphatic heterocycles. The van der Waals surface area contributed by atoms with Crippen LogP contribution >= 0.6 is 47.6 Å². The molecular formula is C122H102BBrN12O6P4Pd. The molecule has 0 spiro atoms. The number of hydrogen-bond donors (Lipinski definition) is 4. The standard InChI is InChI=1S/C25H20N6O2.C18H13BrN4O.4C18H15P.C7H9BN2O3.Pd/c1-27-24(32)22-9-4-18(14-28-22)21-15-29-30-11-10-17(12-23(21)30)25(33)31(20-7-8-20)19-5-2-16(13-26)3-6-19;19-16-11-21-22-8-7-13(9-17(16)22)18(24)23(15-5-6-15)14-3-1-12(10-20)2-4-14;4*1-4-10-16(11-5-1)19(17-12-6-2-7-13-17)18-14-8-3-9-15-18;1-9-7(11)6-3-2-5(4-10-6)8(12)13;/h2-6,9-12,14-15,20H,7-8H2,1H3,(H,27,32);1-4,7-9,11,15H,5-6H2;4*1-15H;2-4,12-13H,1H3,(H,9,11);. The van der Waals surface area contributed by atoms with Crippen molar-refractivity contribution in [2.45, 2.75) is 37.8 Å². The van der Waals surface area contributed by atoms with Gasteiger partial charge in [0.05, 0.1) is 51.2 Å². The van der Waals surface area contributed by atoms with Gasteiger partial charge in [0, 0.05) is 110 Å². The molecule has 25 heteroatoms.